The van der Waals surface area contributed by atoms with Gasteiger partial charge in [0.2, 0.25) is 0 Å². The summed E-state index contributed by atoms with van der Waals surface area (Å²) in [5.74, 6) is 0.855. The predicted octanol–water partition coefficient (Wildman–Crippen LogP) is 2.45. The quantitative estimate of drug-likeness (QED) is 0.800. The van der Waals surface area contributed by atoms with E-state index in [2.05, 4.69) is 5.32 Å². The first-order valence-electron chi connectivity index (χ1n) is 5.48. The number of benzene rings is 1. The van der Waals surface area contributed by atoms with Gasteiger partial charge in [0.05, 0.1) is 6.61 Å². The maximum Gasteiger partial charge on any atom is 0.272 e. The molecule has 3 nitrogen and oxygen atoms in total. The molecule has 0 aromatic heterocycles. The summed E-state index contributed by atoms with van der Waals surface area (Å²) in [5, 5.41) is 3.01. The Balaban J connectivity index is 2.79. The summed E-state index contributed by atoms with van der Waals surface area (Å²) in [6, 6.07) is 5.26. The van der Waals surface area contributed by atoms with E-state index < -0.39 is 13.0 Å². The van der Waals surface area contributed by atoms with Crippen LogP contribution in [0.25, 0.3) is 0 Å². The Labute approximate surface area is 99.7 Å². The van der Waals surface area contributed by atoms with Crippen LogP contribution in [0.5, 0.6) is 11.5 Å². The van der Waals surface area contributed by atoms with Crippen LogP contribution in [0.1, 0.15) is 12.5 Å². The van der Waals surface area contributed by atoms with E-state index in [-0.39, 0.29) is 0 Å². The van der Waals surface area contributed by atoms with Gasteiger partial charge < -0.3 is 14.8 Å². The van der Waals surface area contributed by atoms with Gasteiger partial charge in [0, 0.05) is 6.54 Å². The Hall–Kier alpha value is -1.36. The second kappa shape index (κ2) is 7.06. The summed E-state index contributed by atoms with van der Waals surface area (Å²) < 4.78 is 34.5. The maximum atomic E-state index is 12.1. The molecule has 0 saturated carbocycles. The van der Waals surface area contributed by atoms with Crippen LogP contribution < -0.4 is 14.8 Å². The van der Waals surface area contributed by atoms with Crippen molar-refractivity contribution in [3.8, 4) is 11.5 Å². The van der Waals surface area contributed by atoms with Crippen molar-refractivity contribution in [1.29, 1.82) is 0 Å². The highest BCUT2D eigenvalue weighted by atomic mass is 19.3. The zero-order chi connectivity index (χ0) is 12.7. The summed E-state index contributed by atoms with van der Waals surface area (Å²) in [6.45, 7) is 2.37. The summed E-state index contributed by atoms with van der Waals surface area (Å²) in [6.07, 6.45) is -2.48. The molecule has 0 spiro atoms. The Kier molecular flexibility index (Phi) is 5.69. The fraction of sp³-hybridized carbons (Fsp3) is 0.500. The van der Waals surface area contributed by atoms with Gasteiger partial charge in [0.15, 0.2) is 11.5 Å². The monoisotopic (exact) mass is 245 g/mol. The molecule has 0 unspecified atom stereocenters. The first-order chi connectivity index (χ1) is 8.17. The van der Waals surface area contributed by atoms with E-state index in [9.17, 15) is 8.78 Å². The van der Waals surface area contributed by atoms with Crippen molar-refractivity contribution in [3.63, 3.8) is 0 Å². The van der Waals surface area contributed by atoms with Gasteiger partial charge >= 0.3 is 0 Å². The van der Waals surface area contributed by atoms with E-state index in [0.717, 1.165) is 5.56 Å². The summed E-state index contributed by atoms with van der Waals surface area (Å²) in [7, 11) is 1.83. The summed E-state index contributed by atoms with van der Waals surface area (Å²) in [4.78, 5) is 0. The Bertz CT molecular complexity index is 345. The van der Waals surface area contributed by atoms with Gasteiger partial charge in [-0.05, 0) is 31.7 Å². The third kappa shape index (κ3) is 4.56. The third-order valence-corrected chi connectivity index (χ3v) is 2.05. The van der Waals surface area contributed by atoms with Gasteiger partial charge in [-0.15, -0.1) is 0 Å². The first kappa shape index (κ1) is 13.7. The van der Waals surface area contributed by atoms with Crippen molar-refractivity contribution in [1.82, 2.24) is 5.32 Å². The topological polar surface area (TPSA) is 30.5 Å². The van der Waals surface area contributed by atoms with Crippen LogP contribution in [0, 0.1) is 0 Å². The zero-order valence-electron chi connectivity index (χ0n) is 10.0. The van der Waals surface area contributed by atoms with Crippen LogP contribution in [0.4, 0.5) is 8.78 Å². The van der Waals surface area contributed by atoms with Gasteiger partial charge in [-0.25, -0.2) is 8.78 Å². The van der Waals surface area contributed by atoms with Crippen LogP contribution >= 0.6 is 0 Å². The normalized spacial score (nSPS) is 10.6. The van der Waals surface area contributed by atoms with Crippen molar-refractivity contribution in [3.05, 3.63) is 23.8 Å². The molecule has 0 aliphatic carbocycles. The van der Waals surface area contributed by atoms with Crippen molar-refractivity contribution in [2.24, 2.45) is 0 Å². The molecule has 0 saturated heterocycles. The lowest BCUT2D eigenvalue weighted by Crippen LogP contribution is -2.09. The Morgan fingerprint density at radius 3 is 2.59 bits per heavy atom. The van der Waals surface area contributed by atoms with Crippen LogP contribution in [-0.2, 0) is 6.54 Å². The number of hydrogen-bond donors (Lipinski definition) is 1. The number of hydrogen-bond acceptors (Lipinski definition) is 3. The lowest BCUT2D eigenvalue weighted by molar-refractivity contribution is 0.0800. The molecular weight excluding hydrogens is 228 g/mol. The Morgan fingerprint density at radius 1 is 1.24 bits per heavy atom. The predicted molar refractivity (Wildman–Crippen MR) is 61.9 cm³/mol. The van der Waals surface area contributed by atoms with E-state index in [1.165, 1.54) is 0 Å². The second-order valence-corrected chi connectivity index (χ2v) is 3.45. The number of ether oxygens (including phenoxy) is 2. The lowest BCUT2D eigenvalue weighted by atomic mass is 10.2. The molecule has 0 fully saturated rings. The molecule has 0 aliphatic rings. The molecule has 96 valence electrons. The minimum atomic E-state index is -2.48. The lowest BCUT2D eigenvalue weighted by Gasteiger charge is -2.13. The van der Waals surface area contributed by atoms with Crippen molar-refractivity contribution >= 4 is 0 Å². The third-order valence-electron chi connectivity index (χ3n) is 2.05. The summed E-state index contributed by atoms with van der Waals surface area (Å²) >= 11 is 0. The molecule has 0 amide bonds. The molecule has 1 rings (SSSR count). The minimum Gasteiger partial charge on any atom is -0.490 e. The van der Waals surface area contributed by atoms with Crippen LogP contribution in [0.3, 0.4) is 0 Å². The molecule has 1 aromatic rings. The highest BCUT2D eigenvalue weighted by Crippen LogP contribution is 2.28. The number of nitrogens with one attached hydrogen (secondary N) is 1. The minimum absolute atomic E-state index is 0.354. The molecule has 1 N–H and O–H groups in total. The Morgan fingerprint density at radius 2 is 2.00 bits per heavy atom. The van der Waals surface area contributed by atoms with E-state index in [1.54, 1.807) is 12.1 Å². The molecule has 17 heavy (non-hydrogen) atoms. The molecule has 0 bridgehead atoms. The highest BCUT2D eigenvalue weighted by Gasteiger charge is 2.09. The highest BCUT2D eigenvalue weighted by molar-refractivity contribution is 5.43. The fourth-order valence-corrected chi connectivity index (χ4v) is 1.41. The van der Waals surface area contributed by atoms with Crippen molar-refractivity contribution < 1.29 is 18.3 Å². The van der Waals surface area contributed by atoms with Crippen LogP contribution in [0.15, 0.2) is 18.2 Å². The van der Waals surface area contributed by atoms with Crippen LogP contribution in [0.2, 0.25) is 0 Å². The van der Waals surface area contributed by atoms with E-state index >= 15 is 0 Å². The zero-order valence-corrected chi connectivity index (χ0v) is 10.0. The van der Waals surface area contributed by atoms with Gasteiger partial charge in [-0.2, -0.15) is 0 Å². The van der Waals surface area contributed by atoms with Gasteiger partial charge in [0.1, 0.15) is 6.61 Å². The average molecular weight is 245 g/mol. The van der Waals surface area contributed by atoms with Gasteiger partial charge in [-0.1, -0.05) is 6.07 Å². The smallest absolute Gasteiger partial charge is 0.272 e. The van der Waals surface area contributed by atoms with E-state index in [1.807, 2.05) is 20.0 Å². The van der Waals surface area contributed by atoms with Gasteiger partial charge in [0.25, 0.3) is 6.43 Å². The number of rotatable bonds is 7. The summed E-state index contributed by atoms with van der Waals surface area (Å²) in [5.41, 5.74) is 1.01. The number of halogens is 2. The maximum absolute atomic E-state index is 12.1. The SMILES string of the molecule is CCOc1cc(CNC)ccc1OCC(F)F. The standard InChI is InChI=1S/C12H17F2NO2/c1-3-16-11-6-9(7-15-2)4-5-10(11)17-8-12(13)14/h4-6,12,15H,3,7-8H2,1-2H3. The second-order valence-electron chi connectivity index (χ2n) is 3.45. The number of alkyl halides is 2. The molecule has 0 atom stereocenters. The average Bonchev–Trinajstić information content (AvgIpc) is 2.28. The molecule has 0 aliphatic heterocycles. The van der Waals surface area contributed by atoms with Crippen molar-refractivity contribution in [2.45, 2.75) is 19.9 Å². The van der Waals surface area contributed by atoms with Crippen molar-refractivity contribution in [2.75, 3.05) is 20.3 Å². The molecule has 0 radical (unpaired) electrons. The first-order valence-corrected chi connectivity index (χ1v) is 5.48. The molecule has 0 heterocycles. The fourth-order valence-electron chi connectivity index (χ4n) is 1.41. The van der Waals surface area contributed by atoms with Gasteiger partial charge in [-0.3, -0.25) is 0 Å². The molecular formula is C12H17F2NO2. The van der Waals surface area contributed by atoms with E-state index in [0.29, 0.717) is 24.7 Å². The van der Waals surface area contributed by atoms with Crippen LogP contribution in [-0.4, -0.2) is 26.7 Å². The molecule has 5 heteroatoms. The van der Waals surface area contributed by atoms with E-state index in [4.69, 9.17) is 9.47 Å². The largest absolute Gasteiger partial charge is 0.490 e. The molecule has 1 aromatic carbocycles.